The molecule has 1 rings (SSSR count). The molecule has 11 heteroatoms. The summed E-state index contributed by atoms with van der Waals surface area (Å²) >= 11 is 0. The van der Waals surface area contributed by atoms with Gasteiger partial charge in [0.15, 0.2) is 5.96 Å². The number of ether oxygens (including phenoxy) is 1. The van der Waals surface area contributed by atoms with E-state index >= 15 is 0 Å². The molecule has 0 aromatic heterocycles. The third-order valence-electron chi connectivity index (χ3n) is 3.16. The molecule has 1 amide bonds. The number of aliphatic hydroxyl groups excluding tert-OH is 3. The topological polar surface area (TPSA) is 198 Å². The van der Waals surface area contributed by atoms with Gasteiger partial charge in [0.2, 0.25) is 11.7 Å². The molecule has 0 radical (unpaired) electrons. The van der Waals surface area contributed by atoms with Crippen molar-refractivity contribution in [3.05, 3.63) is 11.8 Å². The summed E-state index contributed by atoms with van der Waals surface area (Å²) in [5.41, 5.74) is 5.24. The third kappa shape index (κ3) is 4.81. The lowest BCUT2D eigenvalue weighted by atomic mass is 9.92. The van der Waals surface area contributed by atoms with Gasteiger partial charge in [-0.1, -0.05) is 0 Å². The van der Waals surface area contributed by atoms with Crippen LogP contribution in [0.5, 0.6) is 0 Å². The molecule has 11 nitrogen and oxygen atoms in total. The first-order chi connectivity index (χ1) is 10.7. The molecule has 0 bridgehead atoms. The lowest BCUT2D eigenvalue weighted by Crippen LogP contribution is -2.64. The van der Waals surface area contributed by atoms with Crippen LogP contribution in [-0.2, 0) is 14.3 Å². The molecule has 0 aromatic carbocycles. The monoisotopic (exact) mass is 332 g/mol. The molecule has 130 valence electrons. The van der Waals surface area contributed by atoms with Crippen molar-refractivity contribution in [3.63, 3.8) is 0 Å². The van der Waals surface area contributed by atoms with Crippen LogP contribution in [-0.4, -0.2) is 75.3 Å². The second-order valence-electron chi connectivity index (χ2n) is 4.97. The van der Waals surface area contributed by atoms with Crippen LogP contribution >= 0.6 is 0 Å². The number of hydrogen-bond donors (Lipinski definition) is 8. The summed E-state index contributed by atoms with van der Waals surface area (Å²) < 4.78 is 5.13. The van der Waals surface area contributed by atoms with Crippen LogP contribution in [0.2, 0.25) is 0 Å². The van der Waals surface area contributed by atoms with Gasteiger partial charge < -0.3 is 41.5 Å². The number of carbonyl (C=O) groups excluding carboxylic acids is 1. The van der Waals surface area contributed by atoms with Gasteiger partial charge in [0.25, 0.3) is 0 Å². The summed E-state index contributed by atoms with van der Waals surface area (Å²) in [6.07, 6.45) is -3.63. The number of aliphatic carboxylic acids is 1. The van der Waals surface area contributed by atoms with E-state index in [1.807, 2.05) is 0 Å². The smallest absolute Gasteiger partial charge is 0.370 e. The summed E-state index contributed by atoms with van der Waals surface area (Å²) in [4.78, 5) is 22.5. The van der Waals surface area contributed by atoms with E-state index in [0.29, 0.717) is 0 Å². The molecule has 0 fully saturated rings. The van der Waals surface area contributed by atoms with E-state index in [9.17, 15) is 19.8 Å². The van der Waals surface area contributed by atoms with Gasteiger partial charge in [-0.3, -0.25) is 10.2 Å². The summed E-state index contributed by atoms with van der Waals surface area (Å²) in [6.45, 7) is 0.387. The summed E-state index contributed by atoms with van der Waals surface area (Å²) in [5.74, 6) is -3.02. The Balaban J connectivity index is 3.22. The Hall–Kier alpha value is -2.37. The number of rotatable bonds is 6. The van der Waals surface area contributed by atoms with Gasteiger partial charge in [-0.15, -0.1) is 0 Å². The van der Waals surface area contributed by atoms with Gasteiger partial charge in [-0.2, -0.15) is 0 Å². The molecule has 23 heavy (non-hydrogen) atoms. The largest absolute Gasteiger partial charge is 0.478 e. The maximum Gasteiger partial charge on any atom is 0.370 e. The number of nitrogens with two attached hydrogens (primary N) is 1. The number of nitrogens with one attached hydrogen (secondary N) is 3. The summed E-state index contributed by atoms with van der Waals surface area (Å²) in [6, 6.07) is -2.03. The van der Waals surface area contributed by atoms with Crippen LogP contribution in [0.3, 0.4) is 0 Å². The molecule has 0 spiro atoms. The van der Waals surface area contributed by atoms with Gasteiger partial charge >= 0.3 is 5.97 Å². The first-order valence-electron chi connectivity index (χ1n) is 6.63. The first kappa shape index (κ1) is 18.7. The number of amides is 1. The van der Waals surface area contributed by atoms with Crippen molar-refractivity contribution < 1.29 is 34.8 Å². The average molecular weight is 332 g/mol. The van der Waals surface area contributed by atoms with Crippen LogP contribution in [0.15, 0.2) is 11.8 Å². The predicted octanol–water partition coefficient (Wildman–Crippen LogP) is -3.58. The van der Waals surface area contributed by atoms with E-state index in [2.05, 4.69) is 10.6 Å². The molecule has 1 heterocycles. The Morgan fingerprint density at radius 3 is 2.48 bits per heavy atom. The Morgan fingerprint density at radius 1 is 1.43 bits per heavy atom. The number of carbonyl (C=O) groups is 2. The number of carboxylic acids is 1. The molecule has 9 N–H and O–H groups in total. The fraction of sp³-hybridized carbons (Fsp3) is 0.583. The Bertz CT molecular complexity index is 510. The van der Waals surface area contributed by atoms with Gasteiger partial charge in [0, 0.05) is 6.92 Å². The van der Waals surface area contributed by atoms with E-state index < -0.39 is 60.6 Å². The maximum absolute atomic E-state index is 11.4. The van der Waals surface area contributed by atoms with E-state index in [1.165, 1.54) is 6.92 Å². The Morgan fingerprint density at radius 2 is 2.04 bits per heavy atom. The van der Waals surface area contributed by atoms with Crippen LogP contribution in [0.4, 0.5) is 0 Å². The first-order valence-corrected chi connectivity index (χ1v) is 6.63. The van der Waals surface area contributed by atoms with Gasteiger partial charge in [-0.05, 0) is 6.08 Å². The minimum atomic E-state index is -1.70. The quantitative estimate of drug-likeness (QED) is 0.179. The lowest BCUT2D eigenvalue weighted by molar-refractivity contribution is -0.146. The zero-order chi connectivity index (χ0) is 17.7. The summed E-state index contributed by atoms with van der Waals surface area (Å²) in [7, 11) is 0. The summed E-state index contributed by atoms with van der Waals surface area (Å²) in [5, 5.41) is 49.8. The zero-order valence-electron chi connectivity index (χ0n) is 12.3. The van der Waals surface area contributed by atoms with Crippen LogP contribution in [0.1, 0.15) is 6.92 Å². The van der Waals surface area contributed by atoms with Crippen molar-refractivity contribution in [2.75, 3.05) is 6.61 Å². The molecule has 1 aliphatic rings. The number of carboxylic acid groups (broad SMARTS) is 1. The second kappa shape index (κ2) is 7.76. The van der Waals surface area contributed by atoms with Crippen molar-refractivity contribution in [1.82, 2.24) is 10.6 Å². The van der Waals surface area contributed by atoms with Gasteiger partial charge in [0.05, 0.1) is 18.7 Å². The van der Waals surface area contributed by atoms with Crippen molar-refractivity contribution in [2.45, 2.75) is 37.3 Å². The molecule has 0 saturated heterocycles. The number of hydrogen-bond acceptors (Lipinski definition) is 7. The van der Waals surface area contributed by atoms with Crippen LogP contribution < -0.4 is 16.4 Å². The van der Waals surface area contributed by atoms with Crippen LogP contribution in [0, 0.1) is 5.41 Å². The minimum absolute atomic E-state index is 0.496. The molecular formula is C12H20N4O7. The molecule has 2 unspecified atom stereocenters. The molecule has 5 atom stereocenters. The lowest BCUT2D eigenvalue weighted by Gasteiger charge is -2.40. The highest BCUT2D eigenvalue weighted by Gasteiger charge is 2.43. The van der Waals surface area contributed by atoms with E-state index in [4.69, 9.17) is 26.1 Å². The molecule has 0 aromatic rings. The number of aliphatic hydroxyl groups is 3. The van der Waals surface area contributed by atoms with Gasteiger partial charge in [0.1, 0.15) is 18.3 Å². The van der Waals surface area contributed by atoms with Crippen LogP contribution in [0.25, 0.3) is 0 Å². The number of guanidine groups is 1. The minimum Gasteiger partial charge on any atom is -0.478 e. The predicted molar refractivity (Wildman–Crippen MR) is 76.1 cm³/mol. The highest BCUT2D eigenvalue weighted by Crippen LogP contribution is 2.23. The molecule has 0 saturated carbocycles. The van der Waals surface area contributed by atoms with Crippen molar-refractivity contribution >= 4 is 17.8 Å². The fourth-order valence-corrected chi connectivity index (χ4v) is 2.18. The molecule has 0 aliphatic carbocycles. The standard InChI is InChI=1S/C12H20N4O7/c1-4(18)15-8-5(16-12(13)14)2-7(11(21)22)23-10(8)9(20)6(19)3-17/h2,5-6,8-10,17,19-20H,3H2,1H3,(H,15,18)(H,21,22)(H4,13,14,16)/t5?,6-,8-,9-,10?/m1/s1. The van der Waals surface area contributed by atoms with E-state index in [-0.39, 0.29) is 0 Å². The third-order valence-corrected chi connectivity index (χ3v) is 3.16. The Kier molecular flexibility index (Phi) is 6.30. The maximum atomic E-state index is 11.4. The molecule has 1 aliphatic heterocycles. The zero-order valence-corrected chi connectivity index (χ0v) is 12.3. The highest BCUT2D eigenvalue weighted by molar-refractivity contribution is 5.85. The van der Waals surface area contributed by atoms with Gasteiger partial charge in [-0.25, -0.2) is 4.79 Å². The average Bonchev–Trinajstić information content (AvgIpc) is 2.45. The second-order valence-corrected chi connectivity index (χ2v) is 4.97. The van der Waals surface area contributed by atoms with Crippen molar-refractivity contribution in [3.8, 4) is 0 Å². The van der Waals surface area contributed by atoms with E-state index in [1.54, 1.807) is 0 Å². The highest BCUT2D eigenvalue weighted by atomic mass is 16.5. The van der Waals surface area contributed by atoms with Crippen molar-refractivity contribution in [1.29, 1.82) is 5.41 Å². The Labute approximate surface area is 131 Å². The van der Waals surface area contributed by atoms with Crippen molar-refractivity contribution in [2.24, 2.45) is 5.73 Å². The van der Waals surface area contributed by atoms with E-state index in [0.717, 1.165) is 6.08 Å². The SMILES string of the molecule is CC(=O)N[C@@H]1C(NC(=N)N)C=C(C(=O)O)OC1[C@H](O)[C@H](O)CO. The fourth-order valence-electron chi connectivity index (χ4n) is 2.18. The normalized spacial score (nSPS) is 26.3. The molecular weight excluding hydrogens is 312 g/mol.